The highest BCUT2D eigenvalue weighted by atomic mass is 16.5. The largest absolute Gasteiger partial charge is 0.497 e. The Kier molecular flexibility index (Phi) is 6.41. The van der Waals surface area contributed by atoms with Crippen molar-refractivity contribution in [3.63, 3.8) is 0 Å². The second-order valence-corrected chi connectivity index (χ2v) is 4.15. The van der Waals surface area contributed by atoms with Crippen molar-refractivity contribution >= 4 is 5.57 Å². The van der Waals surface area contributed by atoms with E-state index in [9.17, 15) is 0 Å². The third kappa shape index (κ3) is 5.05. The van der Waals surface area contributed by atoms with Gasteiger partial charge in [0, 0.05) is 0 Å². The number of hydrogen-bond acceptors (Lipinski definition) is 2. The topological polar surface area (TPSA) is 21.3 Å². The summed E-state index contributed by atoms with van der Waals surface area (Å²) in [6.45, 7) is 6.50. The van der Waals surface area contributed by atoms with Gasteiger partial charge in [-0.3, -0.25) is 0 Å². The highest BCUT2D eigenvalue weighted by Crippen LogP contribution is 2.18. The van der Waals surface area contributed by atoms with Gasteiger partial charge < -0.3 is 10.1 Å². The maximum atomic E-state index is 5.14. The number of hydrogen-bond donors (Lipinski definition) is 1. The molecule has 2 heteroatoms. The molecule has 0 aromatic heterocycles. The second kappa shape index (κ2) is 7.91. The smallest absolute Gasteiger partial charge is 0.118 e. The fraction of sp³-hybridized carbons (Fsp3) is 0.467. The first-order chi connectivity index (χ1) is 8.27. The summed E-state index contributed by atoms with van der Waals surface area (Å²) in [4.78, 5) is 0. The summed E-state index contributed by atoms with van der Waals surface area (Å²) < 4.78 is 5.14. The summed E-state index contributed by atoms with van der Waals surface area (Å²) in [6.07, 6.45) is 4.56. The molecule has 0 aliphatic rings. The van der Waals surface area contributed by atoms with Crippen LogP contribution < -0.4 is 10.1 Å². The van der Waals surface area contributed by atoms with E-state index in [-0.39, 0.29) is 0 Å². The van der Waals surface area contributed by atoms with Gasteiger partial charge in [0.2, 0.25) is 0 Å². The summed E-state index contributed by atoms with van der Waals surface area (Å²) in [5, 5.41) is 3.40. The Morgan fingerprint density at radius 1 is 1.24 bits per heavy atom. The highest BCUT2D eigenvalue weighted by molar-refractivity contribution is 5.64. The van der Waals surface area contributed by atoms with Crippen molar-refractivity contribution in [3.8, 4) is 5.75 Å². The van der Waals surface area contributed by atoms with Gasteiger partial charge in [-0.15, -0.1) is 0 Å². The fourth-order valence-corrected chi connectivity index (χ4v) is 1.66. The van der Waals surface area contributed by atoms with Crippen molar-refractivity contribution in [2.24, 2.45) is 0 Å². The molecule has 0 fully saturated rings. The first kappa shape index (κ1) is 13.8. The van der Waals surface area contributed by atoms with Crippen molar-refractivity contribution in [1.82, 2.24) is 5.32 Å². The molecule has 0 aliphatic heterocycles. The van der Waals surface area contributed by atoms with Crippen LogP contribution in [0.3, 0.4) is 0 Å². The first-order valence-electron chi connectivity index (χ1n) is 6.29. The quantitative estimate of drug-likeness (QED) is 0.728. The lowest BCUT2D eigenvalue weighted by Crippen LogP contribution is -2.15. The number of methoxy groups -OCH3 is 1. The Labute approximate surface area is 105 Å². The Bertz CT molecular complexity index is 340. The molecule has 1 aromatic rings. The maximum absolute atomic E-state index is 5.14. The van der Waals surface area contributed by atoms with E-state index in [0.717, 1.165) is 25.3 Å². The molecule has 0 bridgehead atoms. The third-order valence-electron chi connectivity index (χ3n) is 2.74. The van der Waals surface area contributed by atoms with E-state index in [4.69, 9.17) is 4.74 Å². The van der Waals surface area contributed by atoms with Crippen molar-refractivity contribution in [1.29, 1.82) is 0 Å². The van der Waals surface area contributed by atoms with E-state index in [1.54, 1.807) is 7.11 Å². The lowest BCUT2D eigenvalue weighted by Gasteiger charge is -2.04. The van der Waals surface area contributed by atoms with Crippen LogP contribution in [0.1, 0.15) is 32.3 Å². The van der Waals surface area contributed by atoms with Gasteiger partial charge in [-0.05, 0) is 56.1 Å². The lowest BCUT2D eigenvalue weighted by molar-refractivity contribution is 0.415. The van der Waals surface area contributed by atoms with Gasteiger partial charge >= 0.3 is 0 Å². The minimum Gasteiger partial charge on any atom is -0.497 e. The zero-order chi connectivity index (χ0) is 12.5. The monoisotopic (exact) mass is 233 g/mol. The molecule has 0 spiro atoms. The zero-order valence-electron chi connectivity index (χ0n) is 11.1. The zero-order valence-corrected chi connectivity index (χ0v) is 11.1. The average Bonchev–Trinajstić information content (AvgIpc) is 2.38. The lowest BCUT2D eigenvalue weighted by atomic mass is 10.1. The molecule has 1 aromatic carbocycles. The highest BCUT2D eigenvalue weighted by Gasteiger charge is 1.96. The van der Waals surface area contributed by atoms with Crippen LogP contribution in [0.25, 0.3) is 5.57 Å². The molecule has 0 radical (unpaired) electrons. The van der Waals surface area contributed by atoms with Gasteiger partial charge in [0.25, 0.3) is 0 Å². The standard InChI is InChI=1S/C15H23NO/c1-4-11-16-12-5-6-13(2)14-7-9-15(17-3)10-8-14/h6-10,16H,4-5,11-12H2,1-3H3/b13-6-. The molecule has 0 heterocycles. The molecule has 0 saturated heterocycles. The third-order valence-corrected chi connectivity index (χ3v) is 2.74. The van der Waals surface area contributed by atoms with E-state index in [1.165, 1.54) is 17.6 Å². The Hall–Kier alpha value is -1.28. The first-order valence-corrected chi connectivity index (χ1v) is 6.29. The molecular formula is C15H23NO. The van der Waals surface area contributed by atoms with Gasteiger partial charge in [-0.2, -0.15) is 0 Å². The molecule has 0 amide bonds. The SMILES string of the molecule is CCCNCC/C=C(/C)c1ccc(OC)cc1. The minimum absolute atomic E-state index is 0.908. The van der Waals surface area contributed by atoms with Gasteiger partial charge in [-0.25, -0.2) is 0 Å². The molecular weight excluding hydrogens is 210 g/mol. The van der Waals surface area contributed by atoms with Gasteiger partial charge in [0.15, 0.2) is 0 Å². The van der Waals surface area contributed by atoms with E-state index in [2.05, 4.69) is 37.4 Å². The predicted molar refractivity (Wildman–Crippen MR) is 74.4 cm³/mol. The van der Waals surface area contributed by atoms with Gasteiger partial charge in [0.1, 0.15) is 5.75 Å². The molecule has 0 unspecified atom stereocenters. The summed E-state index contributed by atoms with van der Waals surface area (Å²) in [5.41, 5.74) is 2.59. The van der Waals surface area contributed by atoms with Gasteiger partial charge in [-0.1, -0.05) is 25.1 Å². The Morgan fingerprint density at radius 3 is 2.53 bits per heavy atom. The van der Waals surface area contributed by atoms with Crippen molar-refractivity contribution in [2.75, 3.05) is 20.2 Å². The molecule has 1 N–H and O–H groups in total. The second-order valence-electron chi connectivity index (χ2n) is 4.15. The van der Waals surface area contributed by atoms with Crippen LogP contribution in [-0.4, -0.2) is 20.2 Å². The van der Waals surface area contributed by atoms with E-state index in [1.807, 2.05) is 12.1 Å². The molecule has 0 atom stereocenters. The number of ether oxygens (including phenoxy) is 1. The van der Waals surface area contributed by atoms with Crippen molar-refractivity contribution < 1.29 is 4.74 Å². The Morgan fingerprint density at radius 2 is 1.94 bits per heavy atom. The molecule has 0 aliphatic carbocycles. The van der Waals surface area contributed by atoms with Crippen LogP contribution in [0, 0.1) is 0 Å². The number of benzene rings is 1. The van der Waals surface area contributed by atoms with E-state index >= 15 is 0 Å². The van der Waals surface area contributed by atoms with Crippen LogP contribution >= 0.6 is 0 Å². The maximum Gasteiger partial charge on any atom is 0.118 e. The molecule has 1 rings (SSSR count). The van der Waals surface area contributed by atoms with Crippen LogP contribution in [0.15, 0.2) is 30.3 Å². The van der Waals surface area contributed by atoms with Gasteiger partial charge in [0.05, 0.1) is 7.11 Å². The minimum atomic E-state index is 0.908. The summed E-state index contributed by atoms with van der Waals surface area (Å²) in [5.74, 6) is 0.908. The van der Waals surface area contributed by atoms with Crippen LogP contribution in [0.5, 0.6) is 5.75 Å². The number of rotatable bonds is 7. The summed E-state index contributed by atoms with van der Waals surface area (Å²) >= 11 is 0. The predicted octanol–water partition coefficient (Wildman–Crippen LogP) is 3.49. The number of nitrogens with one attached hydrogen (secondary N) is 1. The summed E-state index contributed by atoms with van der Waals surface area (Å²) in [6, 6.07) is 8.21. The number of allylic oxidation sites excluding steroid dienone is 1. The molecule has 94 valence electrons. The molecule has 17 heavy (non-hydrogen) atoms. The Balaban J connectivity index is 2.44. The van der Waals surface area contributed by atoms with Crippen LogP contribution in [0.4, 0.5) is 0 Å². The van der Waals surface area contributed by atoms with Crippen LogP contribution in [-0.2, 0) is 0 Å². The molecule has 0 saturated carbocycles. The van der Waals surface area contributed by atoms with E-state index < -0.39 is 0 Å². The summed E-state index contributed by atoms with van der Waals surface area (Å²) in [7, 11) is 1.69. The molecule has 2 nitrogen and oxygen atoms in total. The fourth-order valence-electron chi connectivity index (χ4n) is 1.66. The van der Waals surface area contributed by atoms with Crippen molar-refractivity contribution in [3.05, 3.63) is 35.9 Å². The average molecular weight is 233 g/mol. The van der Waals surface area contributed by atoms with Crippen molar-refractivity contribution in [2.45, 2.75) is 26.7 Å². The van der Waals surface area contributed by atoms with Crippen LogP contribution in [0.2, 0.25) is 0 Å². The van der Waals surface area contributed by atoms with E-state index in [0.29, 0.717) is 0 Å². The normalized spacial score (nSPS) is 11.6.